The molecule has 5 heteroatoms. The maximum atomic E-state index is 12.4. The van der Waals surface area contributed by atoms with E-state index in [9.17, 15) is 14.1 Å². The van der Waals surface area contributed by atoms with E-state index in [-0.39, 0.29) is 29.7 Å². The van der Waals surface area contributed by atoms with Crippen LogP contribution in [0.3, 0.4) is 0 Å². The van der Waals surface area contributed by atoms with Gasteiger partial charge in [-0.25, -0.2) is 0 Å². The van der Waals surface area contributed by atoms with Crippen LogP contribution in [0.5, 0.6) is 0 Å². The van der Waals surface area contributed by atoms with E-state index in [1.54, 1.807) is 24.3 Å². The maximum Gasteiger partial charge on any atom is 0.251 e. The summed E-state index contributed by atoms with van der Waals surface area (Å²) in [5.74, 6) is 0.0337. The molecule has 0 saturated heterocycles. The zero-order chi connectivity index (χ0) is 16.8. The molecule has 1 aliphatic rings. The molecule has 0 aliphatic heterocycles. The quantitative estimate of drug-likeness (QED) is 0.812. The van der Waals surface area contributed by atoms with Crippen LogP contribution < -0.4 is 5.32 Å². The summed E-state index contributed by atoms with van der Waals surface area (Å²) in [4.78, 5) is 13.2. The van der Waals surface area contributed by atoms with E-state index in [4.69, 9.17) is 0 Å². The van der Waals surface area contributed by atoms with Crippen LogP contribution in [0.4, 0.5) is 0 Å². The molecule has 1 aliphatic carbocycles. The highest BCUT2D eigenvalue weighted by atomic mass is 32.2. The zero-order valence-corrected chi connectivity index (χ0v) is 14.8. The Balaban J connectivity index is 2.03. The molecule has 2 rings (SSSR count). The standard InChI is InChI=1S/C18H27NO3S/c1-13(2)23(22)16-10-8-14(9-11-16)18(21)19-17-7-5-3-4-6-15(17)12-20/h8-11,13,15,17,20H,3-7,12H2,1-2H3,(H,19,21). The first-order valence-corrected chi connectivity index (χ1v) is 9.66. The lowest BCUT2D eigenvalue weighted by Crippen LogP contribution is -2.41. The van der Waals surface area contributed by atoms with E-state index >= 15 is 0 Å². The molecule has 0 aromatic heterocycles. The van der Waals surface area contributed by atoms with Crippen LogP contribution in [0.25, 0.3) is 0 Å². The number of nitrogens with one attached hydrogen (secondary N) is 1. The van der Waals surface area contributed by atoms with Gasteiger partial charge in [0.1, 0.15) is 0 Å². The summed E-state index contributed by atoms with van der Waals surface area (Å²) in [5.41, 5.74) is 0.579. The van der Waals surface area contributed by atoms with Crippen molar-refractivity contribution in [1.29, 1.82) is 0 Å². The lowest BCUT2D eigenvalue weighted by atomic mass is 9.95. The molecule has 0 bridgehead atoms. The molecule has 3 atom stereocenters. The molecule has 0 spiro atoms. The van der Waals surface area contributed by atoms with Crippen molar-refractivity contribution in [2.45, 2.75) is 62.1 Å². The van der Waals surface area contributed by atoms with Crippen molar-refractivity contribution in [3.8, 4) is 0 Å². The van der Waals surface area contributed by atoms with Crippen LogP contribution in [-0.2, 0) is 10.8 Å². The van der Waals surface area contributed by atoms with Gasteiger partial charge in [0, 0.05) is 34.3 Å². The van der Waals surface area contributed by atoms with Crippen LogP contribution in [-0.4, -0.2) is 33.1 Å². The van der Waals surface area contributed by atoms with Crippen LogP contribution in [0.2, 0.25) is 0 Å². The number of carbonyl (C=O) groups excluding carboxylic acids is 1. The van der Waals surface area contributed by atoms with Crippen molar-refractivity contribution in [3.63, 3.8) is 0 Å². The average molecular weight is 337 g/mol. The monoisotopic (exact) mass is 337 g/mol. The minimum atomic E-state index is -1.04. The van der Waals surface area contributed by atoms with Gasteiger partial charge in [-0.2, -0.15) is 0 Å². The highest BCUT2D eigenvalue weighted by molar-refractivity contribution is 7.85. The molecule has 0 heterocycles. The topological polar surface area (TPSA) is 66.4 Å². The van der Waals surface area contributed by atoms with Gasteiger partial charge in [-0.05, 0) is 37.1 Å². The molecule has 4 nitrogen and oxygen atoms in total. The van der Waals surface area contributed by atoms with Crippen LogP contribution in [0.1, 0.15) is 56.3 Å². The summed E-state index contributed by atoms with van der Waals surface area (Å²) in [7, 11) is -1.04. The predicted octanol–water partition coefficient (Wildman–Crippen LogP) is 2.87. The molecule has 1 saturated carbocycles. The molecule has 1 aromatic carbocycles. The summed E-state index contributed by atoms with van der Waals surface area (Å²) in [6.07, 6.45) is 5.26. The smallest absolute Gasteiger partial charge is 0.251 e. The third-order valence-electron chi connectivity index (χ3n) is 4.49. The van der Waals surface area contributed by atoms with Crippen molar-refractivity contribution >= 4 is 16.7 Å². The van der Waals surface area contributed by atoms with E-state index in [1.807, 2.05) is 13.8 Å². The Hall–Kier alpha value is -1.20. The minimum Gasteiger partial charge on any atom is -0.396 e. The SMILES string of the molecule is CC(C)S(=O)c1ccc(C(=O)NC2CCCCCC2CO)cc1. The first kappa shape index (κ1) is 18.1. The fourth-order valence-electron chi connectivity index (χ4n) is 3.06. The van der Waals surface area contributed by atoms with E-state index in [1.165, 1.54) is 6.42 Å². The number of amides is 1. The molecular formula is C18H27NO3S. The second-order valence-electron chi connectivity index (χ2n) is 6.53. The summed E-state index contributed by atoms with van der Waals surface area (Å²) in [5, 5.41) is 12.7. The number of rotatable bonds is 5. The third-order valence-corrected chi connectivity index (χ3v) is 6.08. The highest BCUT2D eigenvalue weighted by Crippen LogP contribution is 2.23. The van der Waals surface area contributed by atoms with Crippen molar-refractivity contribution in [2.75, 3.05) is 6.61 Å². The molecule has 23 heavy (non-hydrogen) atoms. The Labute approximate surface area is 141 Å². The van der Waals surface area contributed by atoms with Gasteiger partial charge in [0.15, 0.2) is 0 Å². The Bertz CT molecular complexity index is 542. The van der Waals surface area contributed by atoms with E-state index < -0.39 is 10.8 Å². The molecule has 128 valence electrons. The molecule has 0 radical (unpaired) electrons. The van der Waals surface area contributed by atoms with Crippen LogP contribution in [0, 0.1) is 5.92 Å². The lowest BCUT2D eigenvalue weighted by molar-refractivity contribution is 0.0899. The van der Waals surface area contributed by atoms with Gasteiger partial charge in [-0.15, -0.1) is 0 Å². The van der Waals surface area contributed by atoms with Gasteiger partial charge < -0.3 is 10.4 Å². The van der Waals surface area contributed by atoms with Crippen molar-refractivity contribution in [3.05, 3.63) is 29.8 Å². The van der Waals surface area contributed by atoms with Gasteiger partial charge in [-0.3, -0.25) is 9.00 Å². The largest absolute Gasteiger partial charge is 0.396 e. The maximum absolute atomic E-state index is 12.4. The predicted molar refractivity (Wildman–Crippen MR) is 92.9 cm³/mol. The normalized spacial score (nSPS) is 23.3. The second kappa shape index (κ2) is 8.60. The zero-order valence-electron chi connectivity index (χ0n) is 14.0. The number of benzene rings is 1. The molecule has 1 fully saturated rings. The van der Waals surface area contributed by atoms with E-state index in [0.717, 1.165) is 30.6 Å². The summed E-state index contributed by atoms with van der Waals surface area (Å²) >= 11 is 0. The Morgan fingerprint density at radius 3 is 2.48 bits per heavy atom. The van der Waals surface area contributed by atoms with Crippen molar-refractivity contribution in [2.24, 2.45) is 5.92 Å². The third kappa shape index (κ3) is 4.88. The highest BCUT2D eigenvalue weighted by Gasteiger charge is 2.25. The van der Waals surface area contributed by atoms with E-state index in [2.05, 4.69) is 5.32 Å². The number of carbonyl (C=O) groups is 1. The molecule has 3 unspecified atom stereocenters. The van der Waals surface area contributed by atoms with Crippen LogP contribution in [0.15, 0.2) is 29.2 Å². The van der Waals surface area contributed by atoms with E-state index in [0.29, 0.717) is 5.56 Å². The second-order valence-corrected chi connectivity index (χ2v) is 8.54. The average Bonchev–Trinajstić information content (AvgIpc) is 2.79. The van der Waals surface area contributed by atoms with Gasteiger partial charge in [0.05, 0.1) is 10.8 Å². The summed E-state index contributed by atoms with van der Waals surface area (Å²) in [6.45, 7) is 3.95. The lowest BCUT2D eigenvalue weighted by Gasteiger charge is -2.24. The van der Waals surface area contributed by atoms with Gasteiger partial charge >= 0.3 is 0 Å². The van der Waals surface area contributed by atoms with Gasteiger partial charge in [0.25, 0.3) is 5.91 Å². The van der Waals surface area contributed by atoms with Gasteiger partial charge in [-0.1, -0.05) is 33.1 Å². The Kier molecular flexibility index (Phi) is 6.78. The van der Waals surface area contributed by atoms with Crippen LogP contribution >= 0.6 is 0 Å². The first-order valence-electron chi connectivity index (χ1n) is 8.45. The minimum absolute atomic E-state index is 0.0412. The van der Waals surface area contributed by atoms with Crippen molar-refractivity contribution < 1.29 is 14.1 Å². The summed E-state index contributed by atoms with van der Waals surface area (Å²) in [6, 6.07) is 7.04. The fraction of sp³-hybridized carbons (Fsp3) is 0.611. The number of aliphatic hydroxyl groups excluding tert-OH is 1. The number of hydrogen-bond acceptors (Lipinski definition) is 3. The molecule has 1 amide bonds. The first-order chi connectivity index (χ1) is 11.0. The molecule has 2 N–H and O–H groups in total. The van der Waals surface area contributed by atoms with Crippen molar-refractivity contribution in [1.82, 2.24) is 5.32 Å². The molecular weight excluding hydrogens is 310 g/mol. The Morgan fingerprint density at radius 1 is 1.22 bits per heavy atom. The molecule has 1 aromatic rings. The Morgan fingerprint density at radius 2 is 1.87 bits per heavy atom. The number of aliphatic hydroxyl groups is 1. The summed E-state index contributed by atoms with van der Waals surface area (Å²) < 4.78 is 12.0. The fourth-order valence-corrected chi connectivity index (χ4v) is 4.01. The van der Waals surface area contributed by atoms with Gasteiger partial charge in [0.2, 0.25) is 0 Å². The number of hydrogen-bond donors (Lipinski definition) is 2.